The molecule has 0 fully saturated rings. The summed E-state index contributed by atoms with van der Waals surface area (Å²) in [5, 5.41) is 9.53. The molecular formula is C18H16N6O. The Labute approximate surface area is 143 Å². The van der Waals surface area contributed by atoms with Crippen LogP contribution in [0.15, 0.2) is 55.0 Å². The Hall–Kier alpha value is -3.48. The zero-order valence-corrected chi connectivity index (χ0v) is 13.6. The van der Waals surface area contributed by atoms with E-state index >= 15 is 0 Å². The van der Waals surface area contributed by atoms with Gasteiger partial charge in [0.05, 0.1) is 12.2 Å². The number of imidazole rings is 1. The van der Waals surface area contributed by atoms with Crippen molar-refractivity contribution in [1.29, 1.82) is 0 Å². The zero-order chi connectivity index (χ0) is 17.2. The van der Waals surface area contributed by atoms with Crippen molar-refractivity contribution in [3.63, 3.8) is 0 Å². The van der Waals surface area contributed by atoms with E-state index in [2.05, 4.69) is 25.5 Å². The number of aryl methyl sites for hydroxylation is 1. The molecule has 2 N–H and O–H groups in total. The topological polar surface area (TPSA) is 88.0 Å². The van der Waals surface area contributed by atoms with E-state index in [1.807, 2.05) is 47.9 Å². The Morgan fingerprint density at radius 3 is 2.92 bits per heavy atom. The average Bonchev–Trinajstić information content (AvgIpc) is 3.30. The number of nitrogens with zero attached hydrogens (tertiary/aromatic N) is 4. The van der Waals surface area contributed by atoms with Crippen LogP contribution in [-0.2, 0) is 6.54 Å². The number of carbonyl (C=O) groups is 1. The highest BCUT2D eigenvalue weighted by atomic mass is 16.1. The van der Waals surface area contributed by atoms with Gasteiger partial charge in [0.1, 0.15) is 12.0 Å². The highest BCUT2D eigenvalue weighted by Crippen LogP contribution is 2.15. The molecule has 0 saturated heterocycles. The van der Waals surface area contributed by atoms with Gasteiger partial charge in [-0.15, -0.1) is 0 Å². The number of amides is 1. The van der Waals surface area contributed by atoms with Crippen molar-refractivity contribution in [3.8, 4) is 11.4 Å². The largest absolute Gasteiger partial charge is 0.346 e. The van der Waals surface area contributed by atoms with E-state index in [4.69, 9.17) is 0 Å². The van der Waals surface area contributed by atoms with E-state index in [1.54, 1.807) is 12.1 Å². The molecule has 7 heteroatoms. The maximum Gasteiger partial charge on any atom is 0.251 e. The number of rotatable bonds is 4. The highest BCUT2D eigenvalue weighted by Gasteiger charge is 2.10. The summed E-state index contributed by atoms with van der Waals surface area (Å²) in [4.78, 5) is 21.1. The number of hydrogen-bond donors (Lipinski definition) is 2. The van der Waals surface area contributed by atoms with Gasteiger partial charge in [-0.25, -0.2) is 9.97 Å². The van der Waals surface area contributed by atoms with Crippen LogP contribution >= 0.6 is 0 Å². The number of carbonyl (C=O) groups excluding carboxylic acids is 1. The normalized spacial score (nSPS) is 10.9. The molecule has 0 atom stereocenters. The summed E-state index contributed by atoms with van der Waals surface area (Å²) < 4.78 is 2.01. The minimum Gasteiger partial charge on any atom is -0.346 e. The smallest absolute Gasteiger partial charge is 0.251 e. The summed E-state index contributed by atoms with van der Waals surface area (Å²) in [6.07, 6.45) is 3.38. The number of pyridine rings is 1. The Morgan fingerprint density at radius 1 is 1.24 bits per heavy atom. The van der Waals surface area contributed by atoms with Gasteiger partial charge in [-0.1, -0.05) is 18.2 Å². The molecule has 0 radical (unpaired) electrons. The molecule has 0 aliphatic carbocycles. The SMILES string of the molecule is Cc1cccc2nc(CNC(=O)c3cccc(-c4ncn[nH]4)c3)cn12. The number of nitrogens with one attached hydrogen (secondary N) is 2. The molecule has 4 aromatic rings. The van der Waals surface area contributed by atoms with E-state index in [-0.39, 0.29) is 5.91 Å². The van der Waals surface area contributed by atoms with Gasteiger partial charge in [0.2, 0.25) is 0 Å². The molecule has 0 spiro atoms. The summed E-state index contributed by atoms with van der Waals surface area (Å²) in [7, 11) is 0. The predicted octanol–water partition coefficient (Wildman–Crippen LogP) is 2.36. The fourth-order valence-corrected chi connectivity index (χ4v) is 2.71. The molecule has 3 heterocycles. The number of aromatic amines is 1. The average molecular weight is 332 g/mol. The van der Waals surface area contributed by atoms with Crippen molar-refractivity contribution < 1.29 is 4.79 Å². The van der Waals surface area contributed by atoms with Gasteiger partial charge in [0, 0.05) is 23.0 Å². The Kier molecular flexibility index (Phi) is 3.74. The molecule has 124 valence electrons. The molecule has 3 aromatic heterocycles. The third kappa shape index (κ3) is 2.99. The monoisotopic (exact) mass is 332 g/mol. The summed E-state index contributed by atoms with van der Waals surface area (Å²) in [6.45, 7) is 2.39. The fraction of sp³-hybridized carbons (Fsp3) is 0.111. The lowest BCUT2D eigenvalue weighted by molar-refractivity contribution is 0.0950. The molecule has 0 unspecified atom stereocenters. The van der Waals surface area contributed by atoms with Crippen molar-refractivity contribution >= 4 is 11.6 Å². The lowest BCUT2D eigenvalue weighted by atomic mass is 10.1. The molecule has 7 nitrogen and oxygen atoms in total. The summed E-state index contributed by atoms with van der Waals surface area (Å²) >= 11 is 0. The first kappa shape index (κ1) is 15.1. The van der Waals surface area contributed by atoms with Crippen molar-refractivity contribution in [2.24, 2.45) is 0 Å². The number of aromatic nitrogens is 5. The van der Waals surface area contributed by atoms with E-state index in [1.165, 1.54) is 6.33 Å². The van der Waals surface area contributed by atoms with Gasteiger partial charge in [-0.3, -0.25) is 9.89 Å². The van der Waals surface area contributed by atoms with Crippen LogP contribution in [0.3, 0.4) is 0 Å². The van der Waals surface area contributed by atoms with Gasteiger partial charge in [0.25, 0.3) is 5.91 Å². The van der Waals surface area contributed by atoms with Crippen LogP contribution in [0.1, 0.15) is 21.7 Å². The first-order valence-corrected chi connectivity index (χ1v) is 7.88. The second kappa shape index (κ2) is 6.20. The molecule has 0 bridgehead atoms. The Balaban J connectivity index is 1.50. The number of benzene rings is 1. The van der Waals surface area contributed by atoms with E-state index in [0.29, 0.717) is 17.9 Å². The third-order valence-corrected chi connectivity index (χ3v) is 3.99. The minimum atomic E-state index is -0.157. The predicted molar refractivity (Wildman–Crippen MR) is 92.9 cm³/mol. The van der Waals surface area contributed by atoms with Crippen LogP contribution < -0.4 is 5.32 Å². The molecule has 0 aliphatic heterocycles. The van der Waals surface area contributed by atoms with E-state index < -0.39 is 0 Å². The second-order valence-electron chi connectivity index (χ2n) is 5.73. The Bertz CT molecular complexity index is 1030. The van der Waals surface area contributed by atoms with E-state index in [9.17, 15) is 4.79 Å². The standard InChI is InChI=1S/C18H16N6O/c1-12-4-2-7-16-22-15(10-24(12)16)9-19-18(25)14-6-3-5-13(8-14)17-20-11-21-23-17/h2-8,10-11H,9H2,1H3,(H,19,25)(H,20,21,23). The van der Waals surface area contributed by atoms with Crippen LogP contribution in [0.5, 0.6) is 0 Å². The van der Waals surface area contributed by atoms with Crippen LogP contribution in [0.4, 0.5) is 0 Å². The summed E-state index contributed by atoms with van der Waals surface area (Å²) in [5.74, 6) is 0.473. The second-order valence-corrected chi connectivity index (χ2v) is 5.73. The van der Waals surface area contributed by atoms with Gasteiger partial charge in [0.15, 0.2) is 5.82 Å². The maximum absolute atomic E-state index is 12.4. The van der Waals surface area contributed by atoms with Gasteiger partial charge in [-0.2, -0.15) is 5.10 Å². The van der Waals surface area contributed by atoms with Crippen LogP contribution in [0.25, 0.3) is 17.0 Å². The van der Waals surface area contributed by atoms with Crippen molar-refractivity contribution in [3.05, 3.63) is 71.9 Å². The van der Waals surface area contributed by atoms with Gasteiger partial charge < -0.3 is 9.72 Å². The Morgan fingerprint density at radius 2 is 2.12 bits per heavy atom. The van der Waals surface area contributed by atoms with Crippen molar-refractivity contribution in [2.45, 2.75) is 13.5 Å². The van der Waals surface area contributed by atoms with Crippen molar-refractivity contribution in [1.82, 2.24) is 29.9 Å². The lowest BCUT2D eigenvalue weighted by Gasteiger charge is -2.04. The highest BCUT2D eigenvalue weighted by molar-refractivity contribution is 5.95. The quantitative estimate of drug-likeness (QED) is 0.600. The molecule has 25 heavy (non-hydrogen) atoms. The molecule has 1 aromatic carbocycles. The van der Waals surface area contributed by atoms with Gasteiger partial charge >= 0.3 is 0 Å². The van der Waals surface area contributed by atoms with Crippen molar-refractivity contribution in [2.75, 3.05) is 0 Å². The maximum atomic E-state index is 12.4. The third-order valence-electron chi connectivity index (χ3n) is 3.99. The van der Waals surface area contributed by atoms with Gasteiger partial charge in [-0.05, 0) is 31.2 Å². The fourth-order valence-electron chi connectivity index (χ4n) is 2.71. The zero-order valence-electron chi connectivity index (χ0n) is 13.6. The lowest BCUT2D eigenvalue weighted by Crippen LogP contribution is -2.22. The molecule has 1 amide bonds. The summed E-state index contributed by atoms with van der Waals surface area (Å²) in [6, 6.07) is 13.2. The molecular weight excluding hydrogens is 316 g/mol. The first-order valence-electron chi connectivity index (χ1n) is 7.88. The number of hydrogen-bond acceptors (Lipinski definition) is 4. The minimum absolute atomic E-state index is 0.157. The number of fused-ring (bicyclic) bond motifs is 1. The van der Waals surface area contributed by atoms with Crippen LogP contribution in [0, 0.1) is 6.92 Å². The number of H-pyrrole nitrogens is 1. The molecule has 0 aliphatic rings. The van der Waals surface area contributed by atoms with E-state index in [0.717, 1.165) is 22.6 Å². The van der Waals surface area contributed by atoms with Crippen LogP contribution in [0.2, 0.25) is 0 Å². The first-order chi connectivity index (χ1) is 12.2. The molecule has 4 rings (SSSR count). The summed E-state index contributed by atoms with van der Waals surface area (Å²) in [5.41, 5.74) is 4.16. The van der Waals surface area contributed by atoms with Crippen LogP contribution in [-0.4, -0.2) is 30.5 Å². The molecule has 0 saturated carbocycles.